The van der Waals surface area contributed by atoms with Gasteiger partial charge in [0.05, 0.1) is 17.7 Å². The third kappa shape index (κ3) is 15.2. The molecule has 0 saturated heterocycles. The van der Waals surface area contributed by atoms with Gasteiger partial charge >= 0.3 is 11.9 Å². The summed E-state index contributed by atoms with van der Waals surface area (Å²) in [6.07, 6.45) is 17.9. The van der Waals surface area contributed by atoms with E-state index in [-0.39, 0.29) is 6.61 Å². The van der Waals surface area contributed by atoms with Crippen LogP contribution in [0.4, 0.5) is 0 Å². The van der Waals surface area contributed by atoms with E-state index in [1.165, 1.54) is 76.7 Å². The lowest BCUT2D eigenvalue weighted by atomic mass is 10.1. The molecule has 1 aromatic carbocycles. The highest BCUT2D eigenvalue weighted by atomic mass is 16.5. The average Bonchev–Trinajstić information content (AvgIpc) is 2.84. The summed E-state index contributed by atoms with van der Waals surface area (Å²) >= 11 is 0. The lowest BCUT2D eigenvalue weighted by molar-refractivity contribution is 0.0497. The number of rotatable bonds is 18. The fourth-order valence-corrected chi connectivity index (χ4v) is 3.58. The van der Waals surface area contributed by atoms with Crippen LogP contribution < -0.4 is 0 Å². The summed E-state index contributed by atoms with van der Waals surface area (Å²) in [7, 11) is 0. The summed E-state index contributed by atoms with van der Waals surface area (Å²) in [6, 6.07) is 6.50. The molecule has 1 aromatic rings. The molecule has 0 fully saturated rings. The Hall–Kier alpha value is -2.28. The summed E-state index contributed by atoms with van der Waals surface area (Å²) in [6.45, 7) is 4.91. The first-order valence-corrected chi connectivity index (χ1v) is 13.1. The molecular formula is C29H44O4. The van der Waals surface area contributed by atoms with Crippen LogP contribution in [0.25, 0.3) is 0 Å². The van der Waals surface area contributed by atoms with Gasteiger partial charge in [0.15, 0.2) is 6.61 Å². The van der Waals surface area contributed by atoms with Crippen LogP contribution >= 0.6 is 0 Å². The van der Waals surface area contributed by atoms with Gasteiger partial charge in [0.25, 0.3) is 0 Å². The van der Waals surface area contributed by atoms with Crippen molar-refractivity contribution in [2.45, 2.75) is 110 Å². The molecule has 0 heterocycles. The maximum absolute atomic E-state index is 12.2. The third-order valence-electron chi connectivity index (χ3n) is 5.62. The van der Waals surface area contributed by atoms with E-state index in [1.807, 2.05) is 0 Å². The Bertz CT molecular complexity index is 714. The van der Waals surface area contributed by atoms with Crippen molar-refractivity contribution in [2.24, 2.45) is 0 Å². The molecule has 0 N–H and O–H groups in total. The van der Waals surface area contributed by atoms with Crippen molar-refractivity contribution in [1.82, 2.24) is 0 Å². The number of esters is 2. The second-order valence-corrected chi connectivity index (χ2v) is 8.64. The topological polar surface area (TPSA) is 52.6 Å². The fraction of sp³-hybridized carbons (Fsp3) is 0.655. The summed E-state index contributed by atoms with van der Waals surface area (Å²) in [5.74, 6) is 5.12. The molecule has 0 atom stereocenters. The Morgan fingerprint density at radius 2 is 1.18 bits per heavy atom. The van der Waals surface area contributed by atoms with Crippen molar-refractivity contribution in [3.63, 3.8) is 0 Å². The van der Waals surface area contributed by atoms with Gasteiger partial charge in [-0.15, -0.1) is 0 Å². The van der Waals surface area contributed by atoms with Crippen molar-refractivity contribution in [2.75, 3.05) is 13.2 Å². The van der Waals surface area contributed by atoms with Gasteiger partial charge in [-0.1, -0.05) is 109 Å². The minimum absolute atomic E-state index is 0.0720. The third-order valence-corrected chi connectivity index (χ3v) is 5.62. The first kappa shape index (κ1) is 28.8. The summed E-state index contributed by atoms with van der Waals surface area (Å²) in [4.78, 5) is 24.5. The smallest absolute Gasteiger partial charge is 0.339 e. The normalized spacial score (nSPS) is 10.4. The summed E-state index contributed by atoms with van der Waals surface area (Å²) in [5.41, 5.74) is 0.713. The second kappa shape index (κ2) is 20.3. The van der Waals surface area contributed by atoms with Gasteiger partial charge in [0.2, 0.25) is 0 Å². The average molecular weight is 457 g/mol. The van der Waals surface area contributed by atoms with Crippen molar-refractivity contribution < 1.29 is 19.1 Å². The summed E-state index contributed by atoms with van der Waals surface area (Å²) < 4.78 is 10.6. The molecule has 0 radical (unpaired) electrons. The number of benzene rings is 1. The molecule has 0 aromatic heterocycles. The molecule has 33 heavy (non-hydrogen) atoms. The fourth-order valence-electron chi connectivity index (χ4n) is 3.58. The van der Waals surface area contributed by atoms with E-state index in [0.29, 0.717) is 17.7 Å². The Balaban J connectivity index is 2.21. The Labute approximate surface area is 201 Å². The molecule has 0 amide bonds. The first-order chi connectivity index (χ1) is 16.2. The van der Waals surface area contributed by atoms with Crippen molar-refractivity contribution >= 4 is 11.9 Å². The zero-order valence-corrected chi connectivity index (χ0v) is 21.0. The maximum atomic E-state index is 12.2. The van der Waals surface area contributed by atoms with E-state index in [0.717, 1.165) is 25.7 Å². The highest BCUT2D eigenvalue weighted by molar-refractivity contribution is 5.95. The standard InChI is InChI=1S/C29H44O4/c1-3-5-7-9-11-12-13-14-15-17-19-24-33-29(31)27-22-20-21-26(25-27)28(30)32-23-18-16-10-8-6-4-2/h20-22,25H,3-16,18,23-24H2,1-2H3. The predicted molar refractivity (Wildman–Crippen MR) is 135 cm³/mol. The van der Waals surface area contributed by atoms with Crippen LogP contribution in [0, 0.1) is 11.8 Å². The van der Waals surface area contributed by atoms with Crippen molar-refractivity contribution in [3.8, 4) is 11.8 Å². The van der Waals surface area contributed by atoms with Gasteiger partial charge in [-0.2, -0.15) is 0 Å². The van der Waals surface area contributed by atoms with Crippen molar-refractivity contribution in [3.05, 3.63) is 35.4 Å². The van der Waals surface area contributed by atoms with Crippen LogP contribution in [-0.2, 0) is 9.47 Å². The highest BCUT2D eigenvalue weighted by Gasteiger charge is 2.12. The van der Waals surface area contributed by atoms with Crippen LogP contribution in [0.5, 0.6) is 0 Å². The van der Waals surface area contributed by atoms with Crippen molar-refractivity contribution in [1.29, 1.82) is 0 Å². The minimum atomic E-state index is -0.470. The Kier molecular flexibility index (Phi) is 17.7. The predicted octanol–water partition coefficient (Wildman–Crippen LogP) is 7.89. The SMILES string of the molecule is CCCCCCCCCCC#CCOC(=O)c1cccc(C(=O)OCCCCCCCC)c1. The van der Waals surface area contributed by atoms with E-state index in [4.69, 9.17) is 9.47 Å². The zero-order chi connectivity index (χ0) is 24.0. The van der Waals surface area contributed by atoms with Crippen LogP contribution in [0.1, 0.15) is 131 Å². The molecule has 4 heteroatoms. The number of unbranched alkanes of at least 4 members (excludes halogenated alkanes) is 13. The lowest BCUT2D eigenvalue weighted by Gasteiger charge is -2.06. The van der Waals surface area contributed by atoms with Gasteiger partial charge in [-0.05, 0) is 31.0 Å². The highest BCUT2D eigenvalue weighted by Crippen LogP contribution is 2.11. The molecular weight excluding hydrogens is 412 g/mol. The van der Waals surface area contributed by atoms with Crippen LogP contribution in [-0.4, -0.2) is 25.2 Å². The minimum Gasteiger partial charge on any atom is -0.462 e. The van der Waals surface area contributed by atoms with E-state index in [9.17, 15) is 9.59 Å². The quantitative estimate of drug-likeness (QED) is 0.128. The zero-order valence-electron chi connectivity index (χ0n) is 21.0. The molecule has 184 valence electrons. The van der Waals surface area contributed by atoms with Gasteiger partial charge in [-0.25, -0.2) is 9.59 Å². The maximum Gasteiger partial charge on any atom is 0.339 e. The number of carbonyl (C=O) groups excluding carboxylic acids is 2. The van der Waals surface area contributed by atoms with Gasteiger partial charge < -0.3 is 9.47 Å². The monoisotopic (exact) mass is 456 g/mol. The Morgan fingerprint density at radius 3 is 1.79 bits per heavy atom. The van der Waals surface area contributed by atoms with Crippen LogP contribution in [0.3, 0.4) is 0 Å². The molecule has 0 aliphatic rings. The van der Waals surface area contributed by atoms with Crippen LogP contribution in [0.15, 0.2) is 24.3 Å². The second-order valence-electron chi connectivity index (χ2n) is 8.64. The molecule has 1 rings (SSSR count). The number of hydrogen-bond donors (Lipinski definition) is 0. The number of ether oxygens (including phenoxy) is 2. The van der Waals surface area contributed by atoms with Gasteiger partial charge in [-0.3, -0.25) is 0 Å². The van der Waals surface area contributed by atoms with E-state index >= 15 is 0 Å². The molecule has 0 unspecified atom stereocenters. The van der Waals surface area contributed by atoms with E-state index < -0.39 is 11.9 Å². The van der Waals surface area contributed by atoms with Gasteiger partial charge in [0.1, 0.15) is 0 Å². The lowest BCUT2D eigenvalue weighted by Crippen LogP contribution is -2.10. The molecule has 0 aliphatic carbocycles. The van der Waals surface area contributed by atoms with Gasteiger partial charge in [0, 0.05) is 6.42 Å². The number of hydrogen-bond acceptors (Lipinski definition) is 4. The molecule has 4 nitrogen and oxygen atoms in total. The Morgan fingerprint density at radius 1 is 0.667 bits per heavy atom. The molecule has 0 bridgehead atoms. The van der Waals surface area contributed by atoms with Crippen LogP contribution in [0.2, 0.25) is 0 Å². The first-order valence-electron chi connectivity index (χ1n) is 13.1. The molecule has 0 aliphatic heterocycles. The van der Waals surface area contributed by atoms with E-state index in [1.54, 1.807) is 18.2 Å². The van der Waals surface area contributed by atoms with E-state index in [2.05, 4.69) is 25.7 Å². The largest absolute Gasteiger partial charge is 0.462 e. The molecule has 0 spiro atoms. The number of carbonyl (C=O) groups is 2. The summed E-state index contributed by atoms with van der Waals surface area (Å²) in [5, 5.41) is 0. The molecule has 0 saturated carbocycles.